The van der Waals surface area contributed by atoms with Gasteiger partial charge in [0.1, 0.15) is 17.2 Å². The first kappa shape index (κ1) is 59.6. The van der Waals surface area contributed by atoms with Gasteiger partial charge in [0.05, 0.1) is 78.0 Å². The van der Waals surface area contributed by atoms with Crippen molar-refractivity contribution in [3.8, 4) is 94.9 Å². The van der Waals surface area contributed by atoms with E-state index < -0.39 is 6.04 Å². The Bertz CT molecular complexity index is 2940. The molecule has 2 heterocycles. The molecule has 7 aromatic rings. The van der Waals surface area contributed by atoms with E-state index in [0.717, 1.165) is 48.7 Å². The van der Waals surface area contributed by atoms with E-state index in [1.165, 1.54) is 23.1 Å². The second kappa shape index (κ2) is 27.3. The third-order valence-electron chi connectivity index (χ3n) is 12.0. The number of rotatable bonds is 19. The van der Waals surface area contributed by atoms with Crippen molar-refractivity contribution < 1.29 is 88.9 Å². The average molecular weight is 1090 g/mol. The molecule has 21 heteroatoms. The maximum atomic E-state index is 13.2. The Morgan fingerprint density at radius 1 is 0.500 bits per heavy atom. The third kappa shape index (κ3) is 13.4. The first-order valence-electron chi connectivity index (χ1n) is 22.6. The van der Waals surface area contributed by atoms with Crippen molar-refractivity contribution in [1.82, 2.24) is 8.75 Å². The molecule has 1 unspecified atom stereocenters. The zero-order valence-electron chi connectivity index (χ0n) is 43.0. The highest BCUT2D eigenvalue weighted by Gasteiger charge is 2.28. The van der Waals surface area contributed by atoms with E-state index in [2.05, 4.69) is 30.8 Å². The van der Waals surface area contributed by atoms with Crippen molar-refractivity contribution in [2.75, 3.05) is 67.5 Å². The number of aromatic hydroxyl groups is 1. The first-order chi connectivity index (χ1) is 34.6. The summed E-state index contributed by atoms with van der Waals surface area (Å²) in [7, 11) is 12.6. The Morgan fingerprint density at radius 2 is 0.865 bits per heavy atom. The minimum atomic E-state index is -0.583. The molecule has 0 aliphatic carbocycles. The van der Waals surface area contributed by atoms with Crippen molar-refractivity contribution in [3.63, 3.8) is 0 Å². The summed E-state index contributed by atoms with van der Waals surface area (Å²) >= 11 is 2.70. The zero-order valence-corrected chi connectivity index (χ0v) is 46.1. The van der Waals surface area contributed by atoms with Crippen molar-refractivity contribution in [2.45, 2.75) is 38.8 Å². The van der Waals surface area contributed by atoms with Crippen molar-refractivity contribution in [1.29, 1.82) is 0 Å². The third-order valence-corrected chi connectivity index (χ3v) is 13.7. The summed E-state index contributed by atoms with van der Waals surface area (Å²) in [6.45, 7) is 5.86. The Balaban J connectivity index is 0.000000316. The lowest BCUT2D eigenvalue weighted by molar-refractivity contribution is -0.412. The number of hydrogen-bond donors (Lipinski definition) is 5. The highest BCUT2D eigenvalue weighted by molar-refractivity contribution is 7.10. The molecule has 0 aliphatic rings. The molecular weight excluding hydrogens is 1030 g/mol. The van der Waals surface area contributed by atoms with Crippen LogP contribution >= 0.6 is 23.1 Å². The van der Waals surface area contributed by atoms with Crippen LogP contribution in [0.25, 0.3) is 43.1 Å². The van der Waals surface area contributed by atoms with Crippen LogP contribution in [0.3, 0.4) is 0 Å². The zero-order chi connectivity index (χ0) is 52.2. The van der Waals surface area contributed by atoms with Crippen LogP contribution in [0.2, 0.25) is 0 Å². The summed E-state index contributed by atoms with van der Waals surface area (Å²) in [5.74, 6) is 4.03. The van der Waals surface area contributed by atoms with Crippen LogP contribution in [0.1, 0.15) is 32.3 Å². The lowest BCUT2D eigenvalue weighted by Crippen LogP contribution is -3.00. The summed E-state index contributed by atoms with van der Waals surface area (Å²) in [4.78, 5) is 27.7. The van der Waals surface area contributed by atoms with Gasteiger partial charge < -0.3 is 89.9 Å². The molecule has 74 heavy (non-hydrogen) atoms. The molecule has 17 nitrogen and oxygen atoms in total. The SMILES string of the molecule is COc1ccc(-c2cnsc2-c2cc(OC)c(OC)c(OC)c2)cc1NC(=O)[C@H]([NH3+])C(C)C.COc1ccc(-c2cnsc2-c2cc(OC)c(OC)c(OC)c2)cc1NC(=O)[C@H]([NH3+])C(C)c1ccc(O)cc1.[Cl-].[Cl-]. The number of nitrogens with one attached hydrogen (secondary N) is 2. The molecule has 0 radical (unpaired) electrons. The molecule has 0 saturated heterocycles. The molecule has 0 spiro atoms. The Hall–Kier alpha value is -7.00. The summed E-state index contributed by atoms with van der Waals surface area (Å²) in [5.41, 5.74) is 15.3. The average Bonchev–Trinajstić information content (AvgIpc) is 4.11. The van der Waals surface area contributed by atoms with Gasteiger partial charge in [-0.05, 0) is 100 Å². The van der Waals surface area contributed by atoms with E-state index in [-0.39, 0.29) is 60.3 Å². The van der Waals surface area contributed by atoms with Crippen molar-refractivity contribution in [3.05, 3.63) is 103 Å². The van der Waals surface area contributed by atoms with Gasteiger partial charge in [0.25, 0.3) is 11.8 Å². The van der Waals surface area contributed by atoms with Crippen LogP contribution in [-0.4, -0.2) is 94.6 Å². The number of ether oxygens (including phenoxy) is 8. The fourth-order valence-electron chi connectivity index (χ4n) is 7.67. The van der Waals surface area contributed by atoms with E-state index in [9.17, 15) is 14.7 Å². The monoisotopic (exact) mass is 1090 g/mol. The van der Waals surface area contributed by atoms with Crippen LogP contribution in [0.4, 0.5) is 11.4 Å². The predicted octanol–water partition coefficient (Wildman–Crippen LogP) is 2.29. The van der Waals surface area contributed by atoms with E-state index in [4.69, 9.17) is 37.9 Å². The predicted molar refractivity (Wildman–Crippen MR) is 280 cm³/mol. The molecule has 2 aromatic heterocycles. The topological polar surface area (TPSA) is 233 Å². The van der Waals surface area contributed by atoms with E-state index in [1.807, 2.05) is 81.4 Å². The number of phenols is 1. The number of benzene rings is 5. The molecule has 5 aromatic carbocycles. The Morgan fingerprint density at radius 3 is 1.20 bits per heavy atom. The number of aromatic nitrogens is 2. The molecule has 0 bridgehead atoms. The fourth-order valence-corrected chi connectivity index (χ4v) is 9.18. The maximum Gasteiger partial charge on any atom is 0.283 e. The standard InChI is InChI=1S/C29H31N3O6S.C24H29N3O5S.2ClH/c1-16(17-6-9-20(33)10-7-17)26(30)29(34)32-22-12-18(8-11-23(22)35-2)21-15-31-39-28(21)19-13-24(36-3)27(38-5)25(14-19)37-4;1-13(2)21(25)24(28)27-17-9-14(7-8-18(17)29-3)16-12-26-33-23(16)15-10-19(30-4)22(32-6)20(11-15)31-5;;/h6-16,26,33H,30H2,1-5H3,(H,32,34);7-13,21H,25H2,1-6H3,(H,27,28);2*1H/t16?,26-;21-;;/m11../s1. The largest absolute Gasteiger partial charge is 1.00 e. The van der Waals surface area contributed by atoms with Gasteiger partial charge in [-0.1, -0.05) is 45.0 Å². The molecular formula is C53H62Cl2N6O11S2. The number of carbonyl (C=O) groups excluding carboxylic acids is 2. The summed E-state index contributed by atoms with van der Waals surface area (Å²) in [6, 6.07) is 24.6. The minimum Gasteiger partial charge on any atom is -1.00 e. The molecule has 396 valence electrons. The second-order valence-electron chi connectivity index (χ2n) is 16.6. The number of hydrogen-bond acceptors (Lipinski definition) is 15. The number of phenolic OH excluding ortho intramolecular Hbond substituents is 1. The van der Waals surface area contributed by atoms with E-state index in [0.29, 0.717) is 57.4 Å². The lowest BCUT2D eigenvalue weighted by atomic mass is 9.93. The van der Waals surface area contributed by atoms with Gasteiger partial charge in [-0.15, -0.1) is 0 Å². The van der Waals surface area contributed by atoms with Crippen LogP contribution in [0.15, 0.2) is 97.3 Å². The quantitative estimate of drug-likeness (QED) is 0.0784. The first-order valence-corrected chi connectivity index (χ1v) is 24.1. The highest BCUT2D eigenvalue weighted by Crippen LogP contribution is 2.47. The summed E-state index contributed by atoms with van der Waals surface area (Å²) < 4.78 is 52.8. The van der Waals surface area contributed by atoms with Crippen LogP contribution in [-0.2, 0) is 9.59 Å². The molecule has 3 atom stereocenters. The number of methoxy groups -OCH3 is 8. The number of halogens is 2. The number of quaternary nitrogens is 2. The Labute approximate surface area is 451 Å². The van der Waals surface area contributed by atoms with Crippen molar-refractivity contribution in [2.24, 2.45) is 5.92 Å². The number of nitrogens with zero attached hydrogens (tertiary/aromatic N) is 2. The normalized spacial score (nSPS) is 11.8. The number of amides is 2. The molecule has 0 aliphatic heterocycles. The molecule has 0 saturated carbocycles. The minimum absolute atomic E-state index is 0. The Kier molecular flexibility index (Phi) is 22.0. The summed E-state index contributed by atoms with van der Waals surface area (Å²) in [5, 5.41) is 15.5. The fraction of sp³-hybridized carbons (Fsp3) is 0.283. The lowest BCUT2D eigenvalue weighted by Gasteiger charge is -2.18. The van der Waals surface area contributed by atoms with Gasteiger partial charge in [-0.25, -0.2) is 0 Å². The number of anilines is 2. The van der Waals surface area contributed by atoms with Gasteiger partial charge in [-0.3, -0.25) is 9.59 Å². The summed E-state index contributed by atoms with van der Waals surface area (Å²) in [6.07, 6.45) is 3.59. The smallest absolute Gasteiger partial charge is 0.283 e. The van der Waals surface area contributed by atoms with E-state index >= 15 is 0 Å². The molecule has 0 fully saturated rings. The highest BCUT2D eigenvalue weighted by atomic mass is 35.5. The van der Waals surface area contributed by atoms with Crippen LogP contribution in [0, 0.1) is 5.92 Å². The number of carbonyl (C=O) groups is 2. The molecule has 7 rings (SSSR count). The molecule has 2 amide bonds. The maximum absolute atomic E-state index is 13.2. The second-order valence-corrected chi connectivity index (χ2v) is 18.2. The van der Waals surface area contributed by atoms with Gasteiger partial charge in [0, 0.05) is 46.5 Å². The van der Waals surface area contributed by atoms with Gasteiger partial charge in [-0.2, -0.15) is 8.75 Å². The van der Waals surface area contributed by atoms with Gasteiger partial charge in [0.2, 0.25) is 11.5 Å². The van der Waals surface area contributed by atoms with Gasteiger partial charge in [0.15, 0.2) is 35.1 Å². The van der Waals surface area contributed by atoms with Gasteiger partial charge >= 0.3 is 0 Å². The van der Waals surface area contributed by atoms with Crippen LogP contribution in [0.5, 0.6) is 51.7 Å². The van der Waals surface area contributed by atoms with Crippen molar-refractivity contribution >= 4 is 46.3 Å². The molecule has 9 N–H and O–H groups in total. The van der Waals surface area contributed by atoms with E-state index in [1.54, 1.807) is 93.5 Å². The van der Waals surface area contributed by atoms with Crippen LogP contribution < -0.4 is 84.8 Å².